The van der Waals surface area contributed by atoms with Crippen LogP contribution in [-0.4, -0.2) is 16.0 Å². The second-order valence-electron chi connectivity index (χ2n) is 3.48. The number of nitrogens with one attached hydrogen (secondary N) is 1. The first-order valence-corrected chi connectivity index (χ1v) is 5.35. The third-order valence-electron chi connectivity index (χ3n) is 2.16. The Hall–Kier alpha value is -2.14. The van der Waals surface area contributed by atoms with Crippen LogP contribution in [0.3, 0.4) is 0 Å². The number of anilines is 1. The largest absolute Gasteiger partial charge is 0.505 e. The van der Waals surface area contributed by atoms with Crippen molar-refractivity contribution in [2.24, 2.45) is 0 Å². The molecule has 0 aliphatic rings. The second-order valence-corrected chi connectivity index (χ2v) is 3.92. The van der Waals surface area contributed by atoms with Crippen LogP contribution in [0.1, 0.15) is 10.5 Å². The molecule has 0 bridgehead atoms. The van der Waals surface area contributed by atoms with Crippen LogP contribution in [0.5, 0.6) is 5.75 Å². The summed E-state index contributed by atoms with van der Waals surface area (Å²) in [6.07, 6.45) is 1.40. The molecule has 0 aliphatic carbocycles. The number of amides is 1. The van der Waals surface area contributed by atoms with Gasteiger partial charge in [0.05, 0.1) is 0 Å². The highest BCUT2D eigenvalue weighted by Gasteiger charge is 2.09. The molecule has 0 saturated carbocycles. The van der Waals surface area contributed by atoms with Crippen LogP contribution < -0.4 is 5.32 Å². The average Bonchev–Trinajstić information content (AvgIpc) is 2.34. The van der Waals surface area contributed by atoms with E-state index in [1.54, 1.807) is 6.07 Å². The van der Waals surface area contributed by atoms with Crippen molar-refractivity contribution >= 4 is 23.2 Å². The number of aromatic hydroxyl groups is 1. The van der Waals surface area contributed by atoms with Crippen LogP contribution >= 0.6 is 11.6 Å². The molecule has 1 aromatic heterocycles. The van der Waals surface area contributed by atoms with Gasteiger partial charge in [-0.25, -0.2) is 4.39 Å². The Morgan fingerprint density at radius 2 is 2.11 bits per heavy atom. The summed E-state index contributed by atoms with van der Waals surface area (Å²) >= 11 is 5.72. The van der Waals surface area contributed by atoms with E-state index in [0.29, 0.717) is 5.02 Å². The van der Waals surface area contributed by atoms with Gasteiger partial charge in [-0.1, -0.05) is 11.6 Å². The highest BCUT2D eigenvalue weighted by atomic mass is 35.5. The van der Waals surface area contributed by atoms with Gasteiger partial charge in [0.15, 0.2) is 11.6 Å². The highest BCUT2D eigenvalue weighted by Crippen LogP contribution is 2.20. The Labute approximate surface area is 107 Å². The number of aromatic nitrogens is 1. The first-order chi connectivity index (χ1) is 8.56. The molecule has 0 saturated heterocycles. The van der Waals surface area contributed by atoms with Crippen LogP contribution in [0, 0.1) is 5.82 Å². The molecule has 2 rings (SSSR count). The number of rotatable bonds is 2. The Morgan fingerprint density at radius 3 is 2.78 bits per heavy atom. The molecule has 0 aliphatic heterocycles. The van der Waals surface area contributed by atoms with Gasteiger partial charge >= 0.3 is 0 Å². The van der Waals surface area contributed by atoms with Gasteiger partial charge in [-0.05, 0) is 24.3 Å². The fourth-order valence-electron chi connectivity index (χ4n) is 1.31. The van der Waals surface area contributed by atoms with E-state index < -0.39 is 17.5 Å². The van der Waals surface area contributed by atoms with E-state index >= 15 is 0 Å². The Balaban J connectivity index is 2.18. The Kier molecular flexibility index (Phi) is 3.43. The van der Waals surface area contributed by atoms with Crippen molar-refractivity contribution in [2.75, 3.05) is 5.32 Å². The molecule has 0 fully saturated rings. The van der Waals surface area contributed by atoms with E-state index in [-0.39, 0.29) is 11.4 Å². The first-order valence-electron chi connectivity index (χ1n) is 4.97. The first kappa shape index (κ1) is 12.3. The number of benzene rings is 1. The third-order valence-corrected chi connectivity index (χ3v) is 2.40. The molecular weight excluding hydrogens is 259 g/mol. The number of halogens is 2. The lowest BCUT2D eigenvalue weighted by Gasteiger charge is -2.05. The predicted octanol–water partition coefficient (Wildman–Crippen LogP) is 2.83. The lowest BCUT2D eigenvalue weighted by atomic mass is 10.2. The zero-order chi connectivity index (χ0) is 13.1. The SMILES string of the molecule is O=C(Nc1ccc(O)c(F)c1)c1cc(Cl)ccn1. The fraction of sp³-hybridized carbons (Fsp3) is 0. The number of carbonyl (C=O) groups excluding carboxylic acids is 1. The summed E-state index contributed by atoms with van der Waals surface area (Å²) in [6.45, 7) is 0. The standard InChI is InChI=1S/C12H8ClFN2O2/c13-7-3-4-15-10(5-7)12(18)16-8-1-2-11(17)9(14)6-8/h1-6,17H,(H,16,18). The van der Waals surface area contributed by atoms with E-state index in [1.165, 1.54) is 18.3 Å². The summed E-state index contributed by atoms with van der Waals surface area (Å²) in [5.41, 5.74) is 0.341. The third kappa shape index (κ3) is 2.75. The molecule has 2 N–H and O–H groups in total. The van der Waals surface area contributed by atoms with Crippen molar-refractivity contribution < 1.29 is 14.3 Å². The van der Waals surface area contributed by atoms with Crippen LogP contribution in [0.4, 0.5) is 10.1 Å². The maximum absolute atomic E-state index is 13.1. The van der Waals surface area contributed by atoms with E-state index in [1.807, 2.05) is 0 Å². The Morgan fingerprint density at radius 1 is 1.33 bits per heavy atom. The number of hydrogen-bond acceptors (Lipinski definition) is 3. The van der Waals surface area contributed by atoms with E-state index in [0.717, 1.165) is 12.1 Å². The molecule has 0 atom stereocenters. The summed E-state index contributed by atoms with van der Waals surface area (Å²) in [4.78, 5) is 15.6. The summed E-state index contributed by atoms with van der Waals surface area (Å²) in [5.74, 6) is -1.80. The van der Waals surface area contributed by atoms with Crippen LogP contribution in [0.25, 0.3) is 0 Å². The summed E-state index contributed by atoms with van der Waals surface area (Å²) in [7, 11) is 0. The summed E-state index contributed by atoms with van der Waals surface area (Å²) in [5, 5.41) is 11.8. The molecule has 1 aromatic carbocycles. The number of nitrogens with zero attached hydrogens (tertiary/aromatic N) is 1. The van der Waals surface area contributed by atoms with Crippen molar-refractivity contribution in [3.05, 3.63) is 53.1 Å². The van der Waals surface area contributed by atoms with E-state index in [9.17, 15) is 9.18 Å². The number of phenolic OH excluding ortho intramolecular Hbond substituents is 1. The summed E-state index contributed by atoms with van der Waals surface area (Å²) in [6, 6.07) is 6.47. The van der Waals surface area contributed by atoms with Gasteiger partial charge in [-0.15, -0.1) is 0 Å². The minimum atomic E-state index is -0.813. The monoisotopic (exact) mass is 266 g/mol. The molecule has 1 amide bonds. The van der Waals surface area contributed by atoms with E-state index in [2.05, 4.69) is 10.3 Å². The normalized spacial score (nSPS) is 10.1. The number of hydrogen-bond donors (Lipinski definition) is 2. The molecule has 1 heterocycles. The van der Waals surface area contributed by atoms with Crippen molar-refractivity contribution in [1.82, 2.24) is 4.98 Å². The highest BCUT2D eigenvalue weighted by molar-refractivity contribution is 6.30. The van der Waals surface area contributed by atoms with Gasteiger partial charge in [-0.2, -0.15) is 0 Å². The lowest BCUT2D eigenvalue weighted by molar-refractivity contribution is 0.102. The molecule has 6 heteroatoms. The van der Waals surface area contributed by atoms with Gasteiger partial charge in [0.2, 0.25) is 0 Å². The molecule has 0 radical (unpaired) electrons. The van der Waals surface area contributed by atoms with Gasteiger partial charge in [0.25, 0.3) is 5.91 Å². The topological polar surface area (TPSA) is 62.2 Å². The van der Waals surface area contributed by atoms with Crippen molar-refractivity contribution in [3.63, 3.8) is 0 Å². The lowest BCUT2D eigenvalue weighted by Crippen LogP contribution is -2.13. The van der Waals surface area contributed by atoms with Crippen molar-refractivity contribution in [2.45, 2.75) is 0 Å². The quantitative estimate of drug-likeness (QED) is 0.822. The average molecular weight is 267 g/mol. The fourth-order valence-corrected chi connectivity index (χ4v) is 1.47. The number of pyridine rings is 1. The van der Waals surface area contributed by atoms with Gasteiger partial charge in [-0.3, -0.25) is 9.78 Å². The van der Waals surface area contributed by atoms with Crippen molar-refractivity contribution in [1.29, 1.82) is 0 Å². The zero-order valence-electron chi connectivity index (χ0n) is 9.02. The van der Waals surface area contributed by atoms with Gasteiger partial charge in [0.1, 0.15) is 5.69 Å². The molecule has 92 valence electrons. The number of phenols is 1. The molecule has 0 spiro atoms. The Bertz CT molecular complexity index is 604. The molecule has 4 nitrogen and oxygen atoms in total. The van der Waals surface area contributed by atoms with Crippen LogP contribution in [-0.2, 0) is 0 Å². The maximum Gasteiger partial charge on any atom is 0.274 e. The molecule has 0 unspecified atom stereocenters. The minimum absolute atomic E-state index is 0.121. The summed E-state index contributed by atoms with van der Waals surface area (Å²) < 4.78 is 13.1. The smallest absolute Gasteiger partial charge is 0.274 e. The molecule has 18 heavy (non-hydrogen) atoms. The second kappa shape index (κ2) is 5.01. The van der Waals surface area contributed by atoms with Crippen LogP contribution in [0.15, 0.2) is 36.5 Å². The van der Waals surface area contributed by atoms with Crippen LogP contribution in [0.2, 0.25) is 5.02 Å². The predicted molar refractivity (Wildman–Crippen MR) is 65.3 cm³/mol. The van der Waals surface area contributed by atoms with Gasteiger partial charge in [0, 0.05) is 23.0 Å². The van der Waals surface area contributed by atoms with Gasteiger partial charge < -0.3 is 10.4 Å². The molecular formula is C12H8ClFN2O2. The molecule has 2 aromatic rings. The zero-order valence-corrected chi connectivity index (χ0v) is 9.78. The van der Waals surface area contributed by atoms with Crippen molar-refractivity contribution in [3.8, 4) is 5.75 Å². The minimum Gasteiger partial charge on any atom is -0.505 e. The number of carbonyl (C=O) groups is 1. The maximum atomic E-state index is 13.1. The van der Waals surface area contributed by atoms with E-state index in [4.69, 9.17) is 16.7 Å².